The number of carbonyl (C=O) groups excluding carboxylic acids is 3. The lowest BCUT2D eigenvalue weighted by atomic mass is 9.75. The molecule has 0 aromatic heterocycles. The van der Waals surface area contributed by atoms with Gasteiger partial charge in [-0.3, -0.25) is 14.5 Å². The number of carbonyl (C=O) groups is 3. The number of hydrogen-bond acceptors (Lipinski definition) is 4. The lowest BCUT2D eigenvalue weighted by molar-refractivity contribution is -0.135. The Bertz CT molecular complexity index is 741. The van der Waals surface area contributed by atoms with Gasteiger partial charge in [-0.1, -0.05) is 38.5 Å². The van der Waals surface area contributed by atoms with Gasteiger partial charge >= 0.3 is 6.03 Å². The average molecular weight is 386 g/mol. The molecule has 1 saturated carbocycles. The van der Waals surface area contributed by atoms with Gasteiger partial charge in [-0.05, 0) is 49.8 Å². The second-order valence-electron chi connectivity index (χ2n) is 7.74. The Balaban J connectivity index is 1.63. The quantitative estimate of drug-likeness (QED) is 0.629. The van der Waals surface area contributed by atoms with E-state index in [4.69, 9.17) is 0 Å². The lowest BCUT2D eigenvalue weighted by Crippen LogP contribution is -2.49. The van der Waals surface area contributed by atoms with Crippen LogP contribution in [0.25, 0.3) is 0 Å². The predicted molar refractivity (Wildman–Crippen MR) is 108 cm³/mol. The zero-order chi connectivity index (χ0) is 20.1. The molecular weight excluding hydrogens is 356 g/mol. The number of hydrogen-bond donors (Lipinski definition) is 3. The highest BCUT2D eigenvalue weighted by Crippen LogP contribution is 2.37. The third-order valence-electron chi connectivity index (χ3n) is 5.94. The molecule has 1 spiro atoms. The summed E-state index contributed by atoms with van der Waals surface area (Å²) in [5, 5.41) is 8.94. The molecule has 2 aliphatic rings. The van der Waals surface area contributed by atoms with Gasteiger partial charge in [0.2, 0.25) is 5.91 Å². The predicted octanol–water partition coefficient (Wildman–Crippen LogP) is 2.63. The molecule has 4 amide bonds. The van der Waals surface area contributed by atoms with Crippen molar-refractivity contribution in [2.75, 3.05) is 18.4 Å². The number of benzene rings is 1. The van der Waals surface area contributed by atoms with Gasteiger partial charge in [-0.25, -0.2) is 4.79 Å². The Morgan fingerprint density at radius 1 is 1.21 bits per heavy atom. The first-order chi connectivity index (χ1) is 13.5. The summed E-state index contributed by atoms with van der Waals surface area (Å²) in [5.74, 6) is -0.0178. The minimum atomic E-state index is -0.814. The standard InChI is InChI=1S/C21H30N4O3/c1-3-15-9-11-21(12-10-15)19(27)25(20(28)24-21)14-18(26)23-17-8-6-5-7-16(17)13-22-4-2/h5-8,15,22H,3-4,9-14H2,1-2H3,(H,23,26)(H,24,28). The van der Waals surface area contributed by atoms with Crippen LogP contribution in [-0.4, -0.2) is 41.4 Å². The Morgan fingerprint density at radius 2 is 1.93 bits per heavy atom. The van der Waals surface area contributed by atoms with Gasteiger partial charge in [0, 0.05) is 12.2 Å². The molecule has 3 rings (SSSR count). The zero-order valence-electron chi connectivity index (χ0n) is 16.7. The van der Waals surface area contributed by atoms with Crippen molar-refractivity contribution < 1.29 is 14.4 Å². The monoisotopic (exact) mass is 386 g/mol. The fraction of sp³-hybridized carbons (Fsp3) is 0.571. The first-order valence-corrected chi connectivity index (χ1v) is 10.2. The molecule has 1 heterocycles. The van der Waals surface area contributed by atoms with E-state index in [0.717, 1.165) is 36.3 Å². The average Bonchev–Trinajstić information content (AvgIpc) is 2.92. The van der Waals surface area contributed by atoms with Gasteiger partial charge in [0.25, 0.3) is 5.91 Å². The third kappa shape index (κ3) is 4.19. The first-order valence-electron chi connectivity index (χ1n) is 10.2. The Morgan fingerprint density at radius 3 is 2.61 bits per heavy atom. The van der Waals surface area contributed by atoms with Crippen LogP contribution in [0.2, 0.25) is 0 Å². The van der Waals surface area contributed by atoms with Crippen molar-refractivity contribution in [2.24, 2.45) is 5.92 Å². The highest BCUT2D eigenvalue weighted by Gasteiger charge is 2.52. The van der Waals surface area contributed by atoms with Gasteiger partial charge in [0.05, 0.1) is 0 Å². The molecule has 0 radical (unpaired) electrons. The van der Waals surface area contributed by atoms with Crippen LogP contribution in [-0.2, 0) is 16.1 Å². The minimum absolute atomic E-state index is 0.261. The maximum Gasteiger partial charge on any atom is 0.325 e. The number of imide groups is 1. The van der Waals surface area contributed by atoms with Crippen LogP contribution in [0.1, 0.15) is 51.5 Å². The molecule has 3 N–H and O–H groups in total. The van der Waals surface area contributed by atoms with Gasteiger partial charge < -0.3 is 16.0 Å². The highest BCUT2D eigenvalue weighted by atomic mass is 16.2. The second kappa shape index (κ2) is 8.73. The summed E-state index contributed by atoms with van der Waals surface area (Å²) >= 11 is 0. The van der Waals surface area contributed by atoms with Crippen molar-refractivity contribution in [1.82, 2.24) is 15.5 Å². The van der Waals surface area contributed by atoms with Crippen molar-refractivity contribution in [1.29, 1.82) is 0 Å². The first kappa shape index (κ1) is 20.3. The Kier molecular flexibility index (Phi) is 6.34. The summed E-state index contributed by atoms with van der Waals surface area (Å²) in [4.78, 5) is 39.0. The smallest absolute Gasteiger partial charge is 0.324 e. The van der Waals surface area contributed by atoms with Crippen LogP contribution in [0.4, 0.5) is 10.5 Å². The zero-order valence-corrected chi connectivity index (χ0v) is 16.7. The number of rotatable bonds is 7. The number of nitrogens with one attached hydrogen (secondary N) is 3. The van der Waals surface area contributed by atoms with Crippen LogP contribution in [0, 0.1) is 5.92 Å². The summed E-state index contributed by atoms with van der Waals surface area (Å²) in [7, 11) is 0. The SMILES string of the molecule is CCNCc1ccccc1NC(=O)CN1C(=O)NC2(CCC(CC)CC2)C1=O. The van der Waals surface area contributed by atoms with E-state index in [0.29, 0.717) is 31.0 Å². The summed E-state index contributed by atoms with van der Waals surface area (Å²) in [6.45, 7) is 5.37. The summed E-state index contributed by atoms with van der Waals surface area (Å²) < 4.78 is 0. The van der Waals surface area contributed by atoms with Crippen molar-refractivity contribution in [3.05, 3.63) is 29.8 Å². The number of urea groups is 1. The van der Waals surface area contributed by atoms with E-state index in [2.05, 4.69) is 22.9 Å². The summed E-state index contributed by atoms with van der Waals surface area (Å²) in [5.41, 5.74) is 0.842. The normalized spacial score (nSPS) is 24.5. The molecule has 152 valence electrons. The van der Waals surface area contributed by atoms with E-state index in [9.17, 15) is 14.4 Å². The van der Waals surface area contributed by atoms with Crippen LogP contribution >= 0.6 is 0 Å². The highest BCUT2D eigenvalue weighted by molar-refractivity contribution is 6.10. The molecule has 1 aliphatic carbocycles. The molecule has 7 nitrogen and oxygen atoms in total. The topological polar surface area (TPSA) is 90.5 Å². The van der Waals surface area contributed by atoms with Crippen LogP contribution in [0.5, 0.6) is 0 Å². The number of amides is 4. The van der Waals surface area contributed by atoms with Gasteiger partial charge in [-0.15, -0.1) is 0 Å². The molecule has 0 bridgehead atoms. The maximum atomic E-state index is 12.9. The van der Waals surface area contributed by atoms with E-state index in [1.165, 1.54) is 0 Å². The van der Waals surface area contributed by atoms with Crippen LogP contribution in [0.3, 0.4) is 0 Å². The van der Waals surface area contributed by atoms with Gasteiger partial charge in [-0.2, -0.15) is 0 Å². The maximum absolute atomic E-state index is 12.9. The minimum Gasteiger partial charge on any atom is -0.324 e. The van der Waals surface area contributed by atoms with E-state index in [1.54, 1.807) is 0 Å². The summed E-state index contributed by atoms with van der Waals surface area (Å²) in [6, 6.07) is 7.06. The molecule has 0 unspecified atom stereocenters. The molecule has 28 heavy (non-hydrogen) atoms. The Hall–Kier alpha value is -2.41. The number of anilines is 1. The molecule has 1 saturated heterocycles. The van der Waals surface area contributed by atoms with Crippen molar-refractivity contribution in [3.63, 3.8) is 0 Å². The van der Waals surface area contributed by atoms with Crippen molar-refractivity contribution in [3.8, 4) is 0 Å². The van der Waals surface area contributed by atoms with Crippen molar-refractivity contribution >= 4 is 23.5 Å². The number of nitrogens with zero attached hydrogens (tertiary/aromatic N) is 1. The lowest BCUT2D eigenvalue weighted by Gasteiger charge is -2.34. The Labute approximate surface area is 166 Å². The molecule has 1 aromatic rings. The molecule has 1 aromatic carbocycles. The summed E-state index contributed by atoms with van der Waals surface area (Å²) in [6.07, 6.45) is 4.26. The number of para-hydroxylation sites is 1. The van der Waals surface area contributed by atoms with Crippen LogP contribution in [0.15, 0.2) is 24.3 Å². The molecule has 0 atom stereocenters. The largest absolute Gasteiger partial charge is 0.325 e. The van der Waals surface area contributed by atoms with E-state index >= 15 is 0 Å². The van der Waals surface area contributed by atoms with Gasteiger partial charge in [0.1, 0.15) is 12.1 Å². The molecule has 1 aliphatic heterocycles. The second-order valence-corrected chi connectivity index (χ2v) is 7.74. The van der Waals surface area contributed by atoms with E-state index in [-0.39, 0.29) is 18.4 Å². The fourth-order valence-corrected chi connectivity index (χ4v) is 4.13. The molecule has 7 heteroatoms. The van der Waals surface area contributed by atoms with Crippen LogP contribution < -0.4 is 16.0 Å². The fourth-order valence-electron chi connectivity index (χ4n) is 4.13. The molecular formula is C21H30N4O3. The van der Waals surface area contributed by atoms with Gasteiger partial charge in [0.15, 0.2) is 0 Å². The molecule has 2 fully saturated rings. The third-order valence-corrected chi connectivity index (χ3v) is 5.94. The van der Waals surface area contributed by atoms with E-state index in [1.807, 2.05) is 31.2 Å². The van der Waals surface area contributed by atoms with E-state index < -0.39 is 11.6 Å². The van der Waals surface area contributed by atoms with Crippen molar-refractivity contribution in [2.45, 2.75) is 58.0 Å².